The van der Waals surface area contributed by atoms with E-state index in [9.17, 15) is 0 Å². The molecule has 0 aromatic carbocycles. The lowest BCUT2D eigenvalue weighted by Crippen LogP contribution is -2.27. The SMILES string of the molecule is COC(OC)[SiH2]N. The van der Waals surface area contributed by atoms with Crippen LogP contribution in [0.5, 0.6) is 0 Å². The molecular formula is C3H11NO2Si. The Morgan fingerprint density at radius 1 is 1.43 bits per heavy atom. The van der Waals surface area contributed by atoms with Crippen molar-refractivity contribution in [1.82, 2.24) is 0 Å². The highest BCUT2D eigenvalue weighted by Crippen LogP contribution is 1.80. The van der Waals surface area contributed by atoms with Gasteiger partial charge in [-0.2, -0.15) is 0 Å². The highest BCUT2D eigenvalue weighted by atomic mass is 28.2. The summed E-state index contributed by atoms with van der Waals surface area (Å²) in [7, 11) is 2.57. The lowest BCUT2D eigenvalue weighted by molar-refractivity contribution is -0.0440. The highest BCUT2D eigenvalue weighted by Gasteiger charge is 1.98. The van der Waals surface area contributed by atoms with Gasteiger partial charge in [-0.3, -0.25) is 0 Å². The molecule has 0 radical (unpaired) electrons. The van der Waals surface area contributed by atoms with E-state index in [1.54, 1.807) is 14.2 Å². The maximum atomic E-state index is 5.28. The zero-order valence-electron chi connectivity index (χ0n) is 4.68. The van der Waals surface area contributed by atoms with Crippen molar-refractivity contribution in [2.24, 2.45) is 5.40 Å². The third-order valence-corrected chi connectivity index (χ3v) is 1.77. The predicted octanol–water partition coefficient (Wildman–Crippen LogP) is -1.39. The minimum absolute atomic E-state index is 0.0972. The van der Waals surface area contributed by atoms with Crippen LogP contribution in [0.2, 0.25) is 0 Å². The summed E-state index contributed by atoms with van der Waals surface area (Å²) in [4.78, 5) is 0. The molecule has 3 nitrogen and oxygen atoms in total. The monoisotopic (exact) mass is 121 g/mol. The molecule has 0 saturated carbocycles. The quantitative estimate of drug-likeness (QED) is 0.369. The predicted molar refractivity (Wildman–Crippen MR) is 30.5 cm³/mol. The first kappa shape index (κ1) is 7.10. The van der Waals surface area contributed by atoms with Gasteiger partial charge in [0.1, 0.15) is 5.91 Å². The fraction of sp³-hybridized carbons (Fsp3) is 1.00. The van der Waals surface area contributed by atoms with Gasteiger partial charge in [0.05, 0.1) is 0 Å². The van der Waals surface area contributed by atoms with E-state index >= 15 is 0 Å². The molecule has 7 heavy (non-hydrogen) atoms. The Balaban J connectivity index is 2.99. The van der Waals surface area contributed by atoms with E-state index in [-0.39, 0.29) is 5.91 Å². The molecule has 0 spiro atoms. The number of hydrogen-bond donors (Lipinski definition) is 1. The fourth-order valence-electron chi connectivity index (χ4n) is 0.289. The maximum absolute atomic E-state index is 5.28. The second kappa shape index (κ2) is 4.26. The van der Waals surface area contributed by atoms with Gasteiger partial charge in [0.15, 0.2) is 9.68 Å². The Morgan fingerprint density at radius 3 is 1.86 bits per heavy atom. The topological polar surface area (TPSA) is 44.5 Å². The molecule has 0 aromatic rings. The van der Waals surface area contributed by atoms with Crippen molar-refractivity contribution in [3.8, 4) is 0 Å². The van der Waals surface area contributed by atoms with Gasteiger partial charge < -0.3 is 14.9 Å². The fourth-order valence-corrected chi connectivity index (χ4v) is 0.674. The van der Waals surface area contributed by atoms with Gasteiger partial charge in [-0.1, -0.05) is 0 Å². The van der Waals surface area contributed by atoms with Crippen molar-refractivity contribution in [1.29, 1.82) is 0 Å². The van der Waals surface area contributed by atoms with Crippen LogP contribution in [0.3, 0.4) is 0 Å². The molecule has 0 aliphatic carbocycles. The molecule has 0 amide bonds. The standard InChI is InChI=1S/C3H11NO2Si/c1-5-3(6-2)7-4/h3H,4,7H2,1-2H3. The third-order valence-electron chi connectivity index (χ3n) is 0.718. The van der Waals surface area contributed by atoms with Crippen molar-refractivity contribution in [3.05, 3.63) is 0 Å². The summed E-state index contributed by atoms with van der Waals surface area (Å²) in [5, 5.41) is 5.28. The van der Waals surface area contributed by atoms with Crippen LogP contribution in [-0.2, 0) is 9.47 Å². The highest BCUT2D eigenvalue weighted by molar-refractivity contribution is 6.32. The molecule has 0 aromatic heterocycles. The molecule has 44 valence electrons. The Kier molecular flexibility index (Phi) is 4.32. The van der Waals surface area contributed by atoms with Crippen molar-refractivity contribution in [3.63, 3.8) is 0 Å². The summed E-state index contributed by atoms with van der Waals surface area (Å²) in [5.41, 5.74) is 0. The van der Waals surface area contributed by atoms with Crippen LogP contribution in [0, 0.1) is 0 Å². The molecule has 0 aliphatic rings. The molecule has 0 rings (SSSR count). The normalized spacial score (nSPS) is 12.0. The number of hydrogen-bond acceptors (Lipinski definition) is 3. The molecule has 0 heterocycles. The summed E-state index contributed by atoms with van der Waals surface area (Å²) < 4.78 is 9.53. The molecule has 0 saturated heterocycles. The van der Waals surface area contributed by atoms with Crippen molar-refractivity contribution >= 4 is 9.68 Å². The third kappa shape index (κ3) is 2.75. The lowest BCUT2D eigenvalue weighted by Gasteiger charge is -2.07. The molecule has 0 atom stereocenters. The van der Waals surface area contributed by atoms with E-state index in [2.05, 4.69) is 0 Å². The van der Waals surface area contributed by atoms with Gasteiger partial charge in [0, 0.05) is 14.2 Å². The van der Waals surface area contributed by atoms with Gasteiger partial charge in [0.25, 0.3) is 0 Å². The van der Waals surface area contributed by atoms with E-state index in [0.717, 1.165) is 0 Å². The molecule has 0 unspecified atom stereocenters. The number of nitrogens with two attached hydrogens (primary N) is 1. The maximum Gasteiger partial charge on any atom is 0.156 e. The zero-order valence-corrected chi connectivity index (χ0v) is 6.09. The smallest absolute Gasteiger partial charge is 0.156 e. The van der Waals surface area contributed by atoms with Crippen LogP contribution >= 0.6 is 0 Å². The van der Waals surface area contributed by atoms with Gasteiger partial charge in [-0.25, -0.2) is 0 Å². The van der Waals surface area contributed by atoms with E-state index in [1.807, 2.05) is 0 Å². The molecular weight excluding hydrogens is 110 g/mol. The second-order valence-corrected chi connectivity index (χ2v) is 2.27. The van der Waals surface area contributed by atoms with Crippen LogP contribution in [0.25, 0.3) is 0 Å². The van der Waals surface area contributed by atoms with Crippen molar-refractivity contribution in [2.45, 2.75) is 5.91 Å². The second-order valence-electron chi connectivity index (χ2n) is 1.14. The van der Waals surface area contributed by atoms with Crippen LogP contribution in [-0.4, -0.2) is 29.8 Å². The first-order valence-corrected chi connectivity index (χ1v) is 3.74. The molecule has 0 aliphatic heterocycles. The summed E-state index contributed by atoms with van der Waals surface area (Å²) in [6, 6.07) is 0. The van der Waals surface area contributed by atoms with Crippen LogP contribution < -0.4 is 5.40 Å². The summed E-state index contributed by atoms with van der Waals surface area (Å²) in [6.07, 6.45) is 0. The largest absolute Gasteiger partial charge is 0.359 e. The van der Waals surface area contributed by atoms with Gasteiger partial charge in [-0.15, -0.1) is 0 Å². The van der Waals surface area contributed by atoms with E-state index < -0.39 is 9.68 Å². The number of methoxy groups -OCH3 is 2. The van der Waals surface area contributed by atoms with E-state index in [1.165, 1.54) is 0 Å². The molecule has 0 bridgehead atoms. The Hall–Kier alpha value is 0.0969. The van der Waals surface area contributed by atoms with Crippen molar-refractivity contribution in [2.75, 3.05) is 14.2 Å². The van der Waals surface area contributed by atoms with Gasteiger partial charge in [-0.05, 0) is 0 Å². The van der Waals surface area contributed by atoms with Crippen LogP contribution in [0.1, 0.15) is 0 Å². The number of ether oxygens (including phenoxy) is 2. The average molecular weight is 121 g/mol. The van der Waals surface area contributed by atoms with E-state index in [0.29, 0.717) is 0 Å². The summed E-state index contributed by atoms with van der Waals surface area (Å²) >= 11 is 0. The molecule has 2 N–H and O–H groups in total. The summed E-state index contributed by atoms with van der Waals surface area (Å²) in [5.74, 6) is -0.0972. The minimum Gasteiger partial charge on any atom is -0.359 e. The Morgan fingerprint density at radius 2 is 1.86 bits per heavy atom. The number of rotatable bonds is 3. The first-order valence-electron chi connectivity index (χ1n) is 2.10. The molecule has 4 heteroatoms. The Labute approximate surface area is 45.7 Å². The van der Waals surface area contributed by atoms with Crippen molar-refractivity contribution < 1.29 is 9.47 Å². The zero-order chi connectivity index (χ0) is 5.70. The first-order chi connectivity index (χ1) is 3.35. The summed E-state index contributed by atoms with van der Waals surface area (Å²) in [6.45, 7) is 0. The lowest BCUT2D eigenvalue weighted by atomic mass is 11.3. The van der Waals surface area contributed by atoms with Crippen LogP contribution in [0.4, 0.5) is 0 Å². The average Bonchev–Trinajstić information content (AvgIpc) is 1.72. The van der Waals surface area contributed by atoms with Gasteiger partial charge >= 0.3 is 0 Å². The molecule has 0 fully saturated rings. The van der Waals surface area contributed by atoms with Crippen LogP contribution in [0.15, 0.2) is 0 Å². The Bertz CT molecular complexity index is 34.4. The van der Waals surface area contributed by atoms with E-state index in [4.69, 9.17) is 14.9 Å². The minimum atomic E-state index is -0.617. The van der Waals surface area contributed by atoms with Gasteiger partial charge in [0.2, 0.25) is 0 Å².